The lowest BCUT2D eigenvalue weighted by atomic mass is 10.2. The maximum atomic E-state index is 12.9. The Morgan fingerprint density at radius 1 is 1.50 bits per heavy atom. The van der Waals surface area contributed by atoms with E-state index in [4.69, 9.17) is 11.6 Å². The first-order chi connectivity index (χ1) is 7.63. The molecule has 0 radical (unpaired) electrons. The molecule has 0 bridgehead atoms. The summed E-state index contributed by atoms with van der Waals surface area (Å²) in [5.41, 5.74) is 1.01. The van der Waals surface area contributed by atoms with Gasteiger partial charge in [0.05, 0.1) is 5.02 Å². The summed E-state index contributed by atoms with van der Waals surface area (Å²) in [6.45, 7) is 3.82. The average molecular weight is 309 g/mol. The molecule has 0 aliphatic rings. The van der Waals surface area contributed by atoms with Gasteiger partial charge in [-0.3, -0.25) is 0 Å². The van der Waals surface area contributed by atoms with Crippen LogP contribution in [-0.2, 0) is 6.54 Å². The summed E-state index contributed by atoms with van der Waals surface area (Å²) < 4.78 is 12.9. The van der Waals surface area contributed by atoms with Crippen molar-refractivity contribution in [1.82, 2.24) is 5.32 Å². The quantitative estimate of drug-likeness (QED) is 0.615. The maximum absolute atomic E-state index is 12.9. The summed E-state index contributed by atoms with van der Waals surface area (Å²) in [4.78, 5) is 0.566. The Kier molecular flexibility index (Phi) is 6.32. The second-order valence-electron chi connectivity index (χ2n) is 3.72. The van der Waals surface area contributed by atoms with Crippen molar-refractivity contribution in [3.63, 3.8) is 0 Å². The Morgan fingerprint density at radius 2 is 2.25 bits per heavy atom. The minimum absolute atomic E-state index is 0.186. The molecule has 1 aromatic rings. The van der Waals surface area contributed by atoms with Gasteiger partial charge in [0.25, 0.3) is 0 Å². The topological polar surface area (TPSA) is 12.0 Å². The SMILES string of the molecule is CCC(Br)CCNCc1ccc(F)c(Cl)c1. The van der Waals surface area contributed by atoms with Gasteiger partial charge >= 0.3 is 0 Å². The maximum Gasteiger partial charge on any atom is 0.141 e. The van der Waals surface area contributed by atoms with Gasteiger partial charge in [0.15, 0.2) is 0 Å². The van der Waals surface area contributed by atoms with Crippen molar-refractivity contribution in [2.45, 2.75) is 31.1 Å². The molecule has 0 fully saturated rings. The molecular weight excluding hydrogens is 292 g/mol. The highest BCUT2D eigenvalue weighted by Crippen LogP contribution is 2.15. The van der Waals surface area contributed by atoms with E-state index < -0.39 is 0 Å². The van der Waals surface area contributed by atoms with Crippen LogP contribution in [0.1, 0.15) is 25.3 Å². The van der Waals surface area contributed by atoms with E-state index in [0.29, 0.717) is 4.83 Å². The average Bonchev–Trinajstić information content (AvgIpc) is 2.28. The van der Waals surface area contributed by atoms with Gasteiger partial charge in [0, 0.05) is 11.4 Å². The van der Waals surface area contributed by atoms with Crippen LogP contribution in [0.5, 0.6) is 0 Å². The van der Waals surface area contributed by atoms with Crippen LogP contribution in [0.15, 0.2) is 18.2 Å². The zero-order valence-corrected chi connectivity index (χ0v) is 11.6. The molecular formula is C12H16BrClFN. The molecule has 1 nitrogen and oxygen atoms in total. The molecule has 0 amide bonds. The van der Waals surface area contributed by atoms with Gasteiger partial charge in [-0.25, -0.2) is 4.39 Å². The van der Waals surface area contributed by atoms with E-state index in [2.05, 4.69) is 28.2 Å². The number of nitrogens with one attached hydrogen (secondary N) is 1. The van der Waals surface area contributed by atoms with Crippen LogP contribution in [0.25, 0.3) is 0 Å². The summed E-state index contributed by atoms with van der Waals surface area (Å²) >= 11 is 9.26. The Balaban J connectivity index is 2.29. The molecule has 1 unspecified atom stereocenters. The van der Waals surface area contributed by atoms with Crippen LogP contribution < -0.4 is 5.32 Å². The molecule has 1 atom stereocenters. The molecule has 0 aliphatic heterocycles. The van der Waals surface area contributed by atoms with Crippen LogP contribution in [0, 0.1) is 5.82 Å². The van der Waals surface area contributed by atoms with E-state index >= 15 is 0 Å². The van der Waals surface area contributed by atoms with Gasteiger partial charge in [-0.2, -0.15) is 0 Å². The minimum atomic E-state index is -0.364. The number of alkyl halides is 1. The van der Waals surface area contributed by atoms with Gasteiger partial charge in [0.2, 0.25) is 0 Å². The molecule has 4 heteroatoms. The lowest BCUT2D eigenvalue weighted by Crippen LogP contribution is -2.17. The Labute approximate surface area is 110 Å². The van der Waals surface area contributed by atoms with Gasteiger partial charge in [-0.05, 0) is 37.1 Å². The zero-order valence-electron chi connectivity index (χ0n) is 9.27. The number of hydrogen-bond acceptors (Lipinski definition) is 1. The largest absolute Gasteiger partial charge is 0.313 e. The molecule has 0 saturated carbocycles. The highest BCUT2D eigenvalue weighted by atomic mass is 79.9. The predicted octanol–water partition coefficient (Wildman–Crippen LogP) is 4.13. The van der Waals surface area contributed by atoms with Crippen molar-refractivity contribution in [2.24, 2.45) is 0 Å². The van der Waals surface area contributed by atoms with Gasteiger partial charge in [-0.1, -0.05) is 40.5 Å². The Morgan fingerprint density at radius 3 is 2.88 bits per heavy atom. The molecule has 0 heterocycles. The van der Waals surface area contributed by atoms with E-state index in [1.165, 1.54) is 6.07 Å². The first-order valence-corrected chi connectivity index (χ1v) is 6.71. The Bertz CT molecular complexity index is 333. The number of halogens is 3. The van der Waals surface area contributed by atoms with E-state index in [1.807, 2.05) is 0 Å². The van der Waals surface area contributed by atoms with Crippen molar-refractivity contribution in [2.75, 3.05) is 6.54 Å². The van der Waals surface area contributed by atoms with Gasteiger partial charge < -0.3 is 5.32 Å². The number of benzene rings is 1. The molecule has 0 saturated heterocycles. The van der Waals surface area contributed by atoms with Crippen molar-refractivity contribution in [3.05, 3.63) is 34.6 Å². The molecule has 1 rings (SSSR count). The summed E-state index contributed by atoms with van der Waals surface area (Å²) in [6.07, 6.45) is 2.22. The lowest BCUT2D eigenvalue weighted by molar-refractivity contribution is 0.618. The molecule has 1 aromatic carbocycles. The second kappa shape index (κ2) is 7.25. The Hall–Kier alpha value is -0.120. The third-order valence-corrected chi connectivity index (χ3v) is 3.79. The van der Waals surface area contributed by atoms with Crippen LogP contribution in [0.4, 0.5) is 4.39 Å². The van der Waals surface area contributed by atoms with Crippen LogP contribution in [-0.4, -0.2) is 11.4 Å². The standard InChI is InChI=1S/C12H16BrClFN/c1-2-10(13)5-6-16-8-9-3-4-12(15)11(14)7-9/h3-4,7,10,16H,2,5-6,8H2,1H3. The summed E-state index contributed by atoms with van der Waals surface area (Å²) in [5.74, 6) is -0.364. The first kappa shape index (κ1) is 13.9. The molecule has 0 aliphatic carbocycles. The third-order valence-electron chi connectivity index (χ3n) is 2.39. The van der Waals surface area contributed by atoms with Crippen LogP contribution in [0.2, 0.25) is 5.02 Å². The summed E-state index contributed by atoms with van der Waals surface area (Å²) in [5, 5.41) is 3.49. The molecule has 16 heavy (non-hydrogen) atoms. The second-order valence-corrected chi connectivity index (χ2v) is 5.42. The smallest absolute Gasteiger partial charge is 0.141 e. The fraction of sp³-hybridized carbons (Fsp3) is 0.500. The first-order valence-electron chi connectivity index (χ1n) is 5.42. The number of hydrogen-bond donors (Lipinski definition) is 1. The zero-order chi connectivity index (χ0) is 12.0. The van der Waals surface area contributed by atoms with E-state index in [9.17, 15) is 4.39 Å². The monoisotopic (exact) mass is 307 g/mol. The van der Waals surface area contributed by atoms with E-state index in [1.54, 1.807) is 12.1 Å². The van der Waals surface area contributed by atoms with Crippen molar-refractivity contribution >= 4 is 27.5 Å². The van der Waals surface area contributed by atoms with Crippen LogP contribution in [0.3, 0.4) is 0 Å². The van der Waals surface area contributed by atoms with Crippen molar-refractivity contribution < 1.29 is 4.39 Å². The highest BCUT2D eigenvalue weighted by molar-refractivity contribution is 9.09. The molecule has 0 aromatic heterocycles. The molecule has 90 valence electrons. The lowest BCUT2D eigenvalue weighted by Gasteiger charge is -2.08. The van der Waals surface area contributed by atoms with Crippen molar-refractivity contribution in [3.8, 4) is 0 Å². The summed E-state index contributed by atoms with van der Waals surface area (Å²) in [6, 6.07) is 4.81. The third kappa shape index (κ3) is 4.81. The normalized spacial score (nSPS) is 12.8. The predicted molar refractivity (Wildman–Crippen MR) is 70.7 cm³/mol. The molecule has 0 spiro atoms. The van der Waals surface area contributed by atoms with Gasteiger partial charge in [0.1, 0.15) is 5.82 Å². The van der Waals surface area contributed by atoms with Crippen LogP contribution >= 0.6 is 27.5 Å². The fourth-order valence-electron chi connectivity index (χ4n) is 1.35. The molecule has 1 N–H and O–H groups in total. The minimum Gasteiger partial charge on any atom is -0.313 e. The number of rotatable bonds is 6. The van der Waals surface area contributed by atoms with E-state index in [0.717, 1.165) is 31.5 Å². The fourth-order valence-corrected chi connectivity index (χ4v) is 1.78. The van der Waals surface area contributed by atoms with E-state index in [-0.39, 0.29) is 10.8 Å². The van der Waals surface area contributed by atoms with Gasteiger partial charge in [-0.15, -0.1) is 0 Å². The summed E-state index contributed by atoms with van der Waals surface area (Å²) in [7, 11) is 0. The van der Waals surface area contributed by atoms with Crippen molar-refractivity contribution in [1.29, 1.82) is 0 Å². The highest BCUT2D eigenvalue weighted by Gasteiger charge is 2.02.